The van der Waals surface area contributed by atoms with E-state index in [4.69, 9.17) is 11.6 Å². The molecule has 0 aliphatic carbocycles. The van der Waals surface area contributed by atoms with Crippen molar-refractivity contribution in [2.75, 3.05) is 11.6 Å². The predicted octanol–water partition coefficient (Wildman–Crippen LogP) is 4.26. The standard InChI is InChI=1S/C19H22ClNO3S/c1-4-14-10-11-17(20)16(5-2)18(14)21-19(22)15-8-6-13(7-9-15)12-25(3,23)24/h6-11H,4-5,12H2,1-3H3,(H,21,22). The molecule has 4 nitrogen and oxygen atoms in total. The molecule has 2 rings (SSSR count). The van der Waals surface area contributed by atoms with Crippen LogP contribution in [0.15, 0.2) is 36.4 Å². The van der Waals surface area contributed by atoms with Crippen LogP contribution in [-0.4, -0.2) is 20.6 Å². The van der Waals surface area contributed by atoms with Gasteiger partial charge in [-0.1, -0.05) is 43.6 Å². The second kappa shape index (κ2) is 8.02. The van der Waals surface area contributed by atoms with Crippen LogP contribution in [-0.2, 0) is 28.4 Å². The van der Waals surface area contributed by atoms with Gasteiger partial charge in [0.2, 0.25) is 0 Å². The summed E-state index contributed by atoms with van der Waals surface area (Å²) in [5, 5.41) is 3.60. The average Bonchev–Trinajstić information content (AvgIpc) is 2.54. The zero-order chi connectivity index (χ0) is 18.6. The van der Waals surface area contributed by atoms with E-state index in [1.165, 1.54) is 6.26 Å². The first kappa shape index (κ1) is 19.5. The monoisotopic (exact) mass is 379 g/mol. The van der Waals surface area contributed by atoms with Crippen molar-refractivity contribution >= 4 is 33.0 Å². The van der Waals surface area contributed by atoms with Gasteiger partial charge in [-0.2, -0.15) is 0 Å². The van der Waals surface area contributed by atoms with Crippen LogP contribution < -0.4 is 5.32 Å². The minimum atomic E-state index is -3.10. The van der Waals surface area contributed by atoms with Gasteiger partial charge in [-0.25, -0.2) is 8.42 Å². The summed E-state index contributed by atoms with van der Waals surface area (Å²) in [6.07, 6.45) is 2.69. The average molecular weight is 380 g/mol. The molecule has 0 aromatic heterocycles. The number of carbonyl (C=O) groups excluding carboxylic acids is 1. The highest BCUT2D eigenvalue weighted by atomic mass is 35.5. The lowest BCUT2D eigenvalue weighted by Gasteiger charge is -2.16. The highest BCUT2D eigenvalue weighted by Crippen LogP contribution is 2.30. The van der Waals surface area contributed by atoms with Crippen molar-refractivity contribution in [2.24, 2.45) is 0 Å². The van der Waals surface area contributed by atoms with Crippen LogP contribution >= 0.6 is 11.6 Å². The van der Waals surface area contributed by atoms with E-state index >= 15 is 0 Å². The lowest BCUT2D eigenvalue weighted by atomic mass is 10.0. The Morgan fingerprint density at radius 2 is 1.68 bits per heavy atom. The van der Waals surface area contributed by atoms with Gasteiger partial charge < -0.3 is 5.32 Å². The van der Waals surface area contributed by atoms with Crippen molar-refractivity contribution in [3.63, 3.8) is 0 Å². The van der Waals surface area contributed by atoms with Gasteiger partial charge in [-0.3, -0.25) is 4.79 Å². The molecule has 25 heavy (non-hydrogen) atoms. The van der Waals surface area contributed by atoms with Gasteiger partial charge in [-0.05, 0) is 47.7 Å². The predicted molar refractivity (Wildman–Crippen MR) is 103 cm³/mol. The highest BCUT2D eigenvalue weighted by Gasteiger charge is 2.14. The summed E-state index contributed by atoms with van der Waals surface area (Å²) < 4.78 is 22.7. The molecular formula is C19H22ClNO3S. The fourth-order valence-electron chi connectivity index (χ4n) is 2.71. The van der Waals surface area contributed by atoms with E-state index in [9.17, 15) is 13.2 Å². The number of amides is 1. The van der Waals surface area contributed by atoms with E-state index in [0.717, 1.165) is 29.7 Å². The smallest absolute Gasteiger partial charge is 0.255 e. The lowest BCUT2D eigenvalue weighted by Crippen LogP contribution is -2.15. The van der Waals surface area contributed by atoms with Crippen molar-refractivity contribution in [2.45, 2.75) is 32.4 Å². The molecule has 0 spiro atoms. The van der Waals surface area contributed by atoms with Gasteiger partial charge >= 0.3 is 0 Å². The Labute approximate surface area is 154 Å². The Morgan fingerprint density at radius 3 is 2.20 bits per heavy atom. The quantitative estimate of drug-likeness (QED) is 0.815. The Morgan fingerprint density at radius 1 is 1.04 bits per heavy atom. The van der Waals surface area contributed by atoms with Crippen molar-refractivity contribution in [1.29, 1.82) is 0 Å². The summed E-state index contributed by atoms with van der Waals surface area (Å²) in [6.45, 7) is 4.02. The number of sulfone groups is 1. The van der Waals surface area contributed by atoms with Gasteiger partial charge in [0, 0.05) is 22.5 Å². The summed E-state index contributed by atoms with van der Waals surface area (Å²) in [6, 6.07) is 10.4. The molecule has 0 atom stereocenters. The first-order valence-electron chi connectivity index (χ1n) is 8.13. The van der Waals surface area contributed by atoms with Crippen molar-refractivity contribution in [3.05, 3.63) is 63.7 Å². The fraction of sp³-hybridized carbons (Fsp3) is 0.316. The normalized spacial score (nSPS) is 11.4. The Bertz CT molecular complexity index is 874. The third-order valence-electron chi connectivity index (χ3n) is 3.96. The summed E-state index contributed by atoms with van der Waals surface area (Å²) in [7, 11) is -3.10. The number of halogens is 1. The molecule has 0 bridgehead atoms. The third-order valence-corrected chi connectivity index (χ3v) is 5.17. The van der Waals surface area contributed by atoms with E-state index in [0.29, 0.717) is 16.1 Å². The van der Waals surface area contributed by atoms with Crippen LogP contribution in [0, 0.1) is 0 Å². The number of carbonyl (C=O) groups is 1. The number of anilines is 1. The van der Waals surface area contributed by atoms with E-state index < -0.39 is 9.84 Å². The molecular weight excluding hydrogens is 358 g/mol. The topological polar surface area (TPSA) is 63.2 Å². The fourth-order valence-corrected chi connectivity index (χ4v) is 3.80. The number of benzene rings is 2. The number of aryl methyl sites for hydroxylation is 1. The molecule has 0 aliphatic heterocycles. The molecule has 0 radical (unpaired) electrons. The zero-order valence-corrected chi connectivity index (χ0v) is 16.2. The molecule has 0 saturated carbocycles. The summed E-state index contributed by atoms with van der Waals surface area (Å²) in [5.74, 6) is -0.277. The summed E-state index contributed by atoms with van der Waals surface area (Å²) in [5.41, 5.74) is 3.85. The van der Waals surface area contributed by atoms with Crippen LogP contribution in [0.4, 0.5) is 5.69 Å². The number of hydrogen-bond acceptors (Lipinski definition) is 3. The molecule has 134 valence electrons. The minimum absolute atomic E-state index is 0.0385. The minimum Gasteiger partial charge on any atom is -0.321 e. The molecule has 2 aromatic carbocycles. The largest absolute Gasteiger partial charge is 0.321 e. The molecule has 0 aliphatic rings. The number of nitrogens with one attached hydrogen (secondary N) is 1. The van der Waals surface area contributed by atoms with E-state index in [2.05, 4.69) is 5.32 Å². The molecule has 0 saturated heterocycles. The van der Waals surface area contributed by atoms with Crippen LogP contribution in [0.25, 0.3) is 0 Å². The second-order valence-electron chi connectivity index (χ2n) is 5.99. The maximum Gasteiger partial charge on any atom is 0.255 e. The van der Waals surface area contributed by atoms with Crippen LogP contribution in [0.3, 0.4) is 0 Å². The maximum absolute atomic E-state index is 12.6. The Kier molecular flexibility index (Phi) is 6.25. The molecule has 1 N–H and O–H groups in total. The lowest BCUT2D eigenvalue weighted by molar-refractivity contribution is 0.102. The molecule has 0 unspecified atom stereocenters. The second-order valence-corrected chi connectivity index (χ2v) is 8.54. The first-order chi connectivity index (χ1) is 11.7. The van der Waals surface area contributed by atoms with Gasteiger partial charge in [0.1, 0.15) is 0 Å². The molecule has 0 fully saturated rings. The summed E-state index contributed by atoms with van der Waals surface area (Å²) in [4.78, 5) is 12.6. The van der Waals surface area contributed by atoms with Gasteiger partial charge in [0.25, 0.3) is 5.91 Å². The zero-order valence-electron chi connectivity index (χ0n) is 14.6. The SMILES string of the molecule is CCc1ccc(Cl)c(CC)c1NC(=O)c1ccc(CS(C)(=O)=O)cc1. The van der Waals surface area contributed by atoms with Gasteiger partial charge in [-0.15, -0.1) is 0 Å². The Hall–Kier alpha value is -1.85. The molecule has 1 amide bonds. The number of rotatable bonds is 6. The third kappa shape index (κ3) is 5.06. The van der Waals surface area contributed by atoms with E-state index in [1.807, 2.05) is 26.0 Å². The number of hydrogen-bond donors (Lipinski definition) is 1. The van der Waals surface area contributed by atoms with Gasteiger partial charge in [0.05, 0.1) is 5.75 Å². The van der Waals surface area contributed by atoms with Crippen LogP contribution in [0.2, 0.25) is 5.02 Å². The summed E-state index contributed by atoms with van der Waals surface area (Å²) >= 11 is 6.26. The highest BCUT2D eigenvalue weighted by molar-refractivity contribution is 7.89. The van der Waals surface area contributed by atoms with Crippen molar-refractivity contribution in [3.8, 4) is 0 Å². The van der Waals surface area contributed by atoms with Crippen LogP contribution in [0.5, 0.6) is 0 Å². The van der Waals surface area contributed by atoms with E-state index in [1.54, 1.807) is 24.3 Å². The molecule has 2 aromatic rings. The first-order valence-corrected chi connectivity index (χ1v) is 10.6. The van der Waals surface area contributed by atoms with Crippen molar-refractivity contribution < 1.29 is 13.2 Å². The van der Waals surface area contributed by atoms with Crippen LogP contribution in [0.1, 0.15) is 40.9 Å². The molecule has 6 heteroatoms. The maximum atomic E-state index is 12.6. The van der Waals surface area contributed by atoms with Gasteiger partial charge in [0.15, 0.2) is 9.84 Å². The van der Waals surface area contributed by atoms with Crippen molar-refractivity contribution in [1.82, 2.24) is 0 Å². The van der Waals surface area contributed by atoms with E-state index in [-0.39, 0.29) is 11.7 Å². The Balaban J connectivity index is 2.27. The molecule has 0 heterocycles.